The Kier molecular flexibility index (Phi) is 6.61. The Morgan fingerprint density at radius 2 is 1.67 bits per heavy atom. The second-order valence-corrected chi connectivity index (χ2v) is 7.41. The highest BCUT2D eigenvalue weighted by Crippen LogP contribution is 2.18. The lowest BCUT2D eigenvalue weighted by molar-refractivity contribution is 0.0303. The van der Waals surface area contributed by atoms with Crippen LogP contribution in [0.1, 0.15) is 33.6 Å². The first kappa shape index (κ1) is 20.4. The Morgan fingerprint density at radius 1 is 0.967 bits per heavy atom. The zero-order valence-electron chi connectivity index (χ0n) is 16.8. The number of morpholine rings is 1. The summed E-state index contributed by atoms with van der Waals surface area (Å²) in [5.74, 6) is 0.482. The predicted molar refractivity (Wildman–Crippen MR) is 112 cm³/mol. The lowest BCUT2D eigenvalue weighted by Crippen LogP contribution is -2.40. The number of carbonyl (C=O) groups is 2. The van der Waals surface area contributed by atoms with Gasteiger partial charge < -0.3 is 24.4 Å². The minimum Gasteiger partial charge on any atom is -0.491 e. The molecule has 30 heavy (non-hydrogen) atoms. The Morgan fingerprint density at radius 3 is 2.33 bits per heavy atom. The third-order valence-corrected chi connectivity index (χ3v) is 5.26. The van der Waals surface area contributed by atoms with E-state index in [1.165, 1.54) is 0 Å². The van der Waals surface area contributed by atoms with Gasteiger partial charge in [0.05, 0.1) is 19.3 Å². The van der Waals surface area contributed by atoms with E-state index in [0.29, 0.717) is 55.5 Å². The van der Waals surface area contributed by atoms with Crippen LogP contribution >= 0.6 is 0 Å². The summed E-state index contributed by atoms with van der Waals surface area (Å²) in [7, 11) is 0. The standard InChI is InChI=1S/C23H26N2O5/c26-22(17-5-9-20(10-6-17)30-16-21-2-1-13-29-21)24-19-7-3-18(4-8-19)23(27)25-11-14-28-15-12-25/h3-10,21H,1-2,11-16H2,(H,24,26)/t21-/m1/s1. The molecule has 7 heteroatoms. The van der Waals surface area contributed by atoms with E-state index in [1.54, 1.807) is 53.4 Å². The molecule has 2 fully saturated rings. The smallest absolute Gasteiger partial charge is 0.255 e. The maximum Gasteiger partial charge on any atom is 0.255 e. The van der Waals surface area contributed by atoms with Crippen molar-refractivity contribution in [3.05, 3.63) is 59.7 Å². The average molecular weight is 410 g/mol. The zero-order valence-corrected chi connectivity index (χ0v) is 16.8. The van der Waals surface area contributed by atoms with Crippen LogP contribution in [0.25, 0.3) is 0 Å². The molecular weight excluding hydrogens is 384 g/mol. The number of ether oxygens (including phenoxy) is 3. The van der Waals surface area contributed by atoms with Crippen LogP contribution in [0.5, 0.6) is 5.75 Å². The van der Waals surface area contributed by atoms with E-state index in [9.17, 15) is 9.59 Å². The minimum atomic E-state index is -0.215. The second-order valence-electron chi connectivity index (χ2n) is 7.41. The molecule has 2 aromatic rings. The molecule has 0 radical (unpaired) electrons. The molecule has 7 nitrogen and oxygen atoms in total. The van der Waals surface area contributed by atoms with Crippen molar-refractivity contribution >= 4 is 17.5 Å². The number of anilines is 1. The van der Waals surface area contributed by atoms with Gasteiger partial charge in [-0.25, -0.2) is 0 Å². The molecule has 4 rings (SSSR count). The third-order valence-electron chi connectivity index (χ3n) is 5.26. The van der Waals surface area contributed by atoms with Crippen molar-refractivity contribution in [2.75, 3.05) is 44.8 Å². The van der Waals surface area contributed by atoms with Gasteiger partial charge in [0.25, 0.3) is 11.8 Å². The average Bonchev–Trinajstić information content (AvgIpc) is 3.32. The molecule has 0 saturated carbocycles. The predicted octanol–water partition coefficient (Wildman–Crippen LogP) is 2.97. The fourth-order valence-corrected chi connectivity index (χ4v) is 3.52. The minimum absolute atomic E-state index is 0.0187. The Balaban J connectivity index is 1.30. The van der Waals surface area contributed by atoms with Gasteiger partial charge in [0.2, 0.25) is 0 Å². The van der Waals surface area contributed by atoms with Crippen molar-refractivity contribution in [1.82, 2.24) is 4.90 Å². The maximum atomic E-state index is 12.5. The van der Waals surface area contributed by atoms with Gasteiger partial charge in [0.15, 0.2) is 0 Å². The first-order valence-corrected chi connectivity index (χ1v) is 10.3. The first-order chi connectivity index (χ1) is 14.7. The summed E-state index contributed by atoms with van der Waals surface area (Å²) in [5.41, 5.74) is 1.77. The molecule has 158 valence electrons. The van der Waals surface area contributed by atoms with Crippen LogP contribution in [-0.4, -0.2) is 62.3 Å². The number of amides is 2. The molecule has 0 spiro atoms. The number of nitrogens with zero attached hydrogens (tertiary/aromatic N) is 1. The summed E-state index contributed by atoms with van der Waals surface area (Å²) in [5, 5.41) is 2.86. The van der Waals surface area contributed by atoms with Crippen molar-refractivity contribution in [3.8, 4) is 5.75 Å². The monoisotopic (exact) mass is 410 g/mol. The van der Waals surface area contributed by atoms with E-state index in [-0.39, 0.29) is 17.9 Å². The molecule has 0 bridgehead atoms. The van der Waals surface area contributed by atoms with Crippen molar-refractivity contribution < 1.29 is 23.8 Å². The summed E-state index contributed by atoms with van der Waals surface area (Å²) in [6, 6.07) is 14.0. The number of rotatable bonds is 6. The molecule has 1 atom stereocenters. The number of nitrogens with one attached hydrogen (secondary N) is 1. The van der Waals surface area contributed by atoms with Gasteiger partial charge in [-0.05, 0) is 61.4 Å². The normalized spacial score (nSPS) is 18.8. The van der Waals surface area contributed by atoms with Crippen LogP contribution in [0.2, 0.25) is 0 Å². The van der Waals surface area contributed by atoms with Gasteiger partial charge in [-0.15, -0.1) is 0 Å². The molecule has 0 aromatic heterocycles. The molecule has 2 saturated heterocycles. The van der Waals surface area contributed by atoms with Crippen molar-refractivity contribution in [1.29, 1.82) is 0 Å². The van der Waals surface area contributed by atoms with Crippen LogP contribution in [0.4, 0.5) is 5.69 Å². The molecule has 0 unspecified atom stereocenters. The first-order valence-electron chi connectivity index (χ1n) is 10.3. The number of benzene rings is 2. The van der Waals surface area contributed by atoms with Gasteiger partial charge in [-0.2, -0.15) is 0 Å². The molecule has 2 aliphatic rings. The van der Waals surface area contributed by atoms with Gasteiger partial charge in [0.1, 0.15) is 12.4 Å². The number of carbonyl (C=O) groups excluding carboxylic acids is 2. The second kappa shape index (κ2) is 9.73. The highest BCUT2D eigenvalue weighted by Gasteiger charge is 2.19. The SMILES string of the molecule is O=C(Nc1ccc(C(=O)N2CCOCC2)cc1)c1ccc(OC[C@H]2CCCO2)cc1. The molecule has 1 N–H and O–H groups in total. The van der Waals surface area contributed by atoms with E-state index < -0.39 is 0 Å². The maximum absolute atomic E-state index is 12.5. The zero-order chi connectivity index (χ0) is 20.8. The topological polar surface area (TPSA) is 77.1 Å². The van der Waals surface area contributed by atoms with Crippen molar-refractivity contribution in [2.45, 2.75) is 18.9 Å². The molecule has 2 aromatic carbocycles. The summed E-state index contributed by atoms with van der Waals surface area (Å²) < 4.78 is 16.6. The quantitative estimate of drug-likeness (QED) is 0.792. The summed E-state index contributed by atoms with van der Waals surface area (Å²) in [6.45, 7) is 3.67. The number of hydrogen-bond donors (Lipinski definition) is 1. The van der Waals surface area contributed by atoms with Crippen LogP contribution < -0.4 is 10.1 Å². The van der Waals surface area contributed by atoms with Gasteiger partial charge in [-0.1, -0.05) is 0 Å². The fraction of sp³-hybridized carbons (Fsp3) is 0.391. The number of hydrogen-bond acceptors (Lipinski definition) is 5. The van der Waals surface area contributed by atoms with Crippen LogP contribution in [-0.2, 0) is 9.47 Å². The molecule has 2 aliphatic heterocycles. The summed E-state index contributed by atoms with van der Waals surface area (Å²) in [4.78, 5) is 26.8. The molecular formula is C23H26N2O5. The van der Waals surface area contributed by atoms with E-state index in [0.717, 1.165) is 19.4 Å². The van der Waals surface area contributed by atoms with Gasteiger partial charge >= 0.3 is 0 Å². The molecule has 2 amide bonds. The van der Waals surface area contributed by atoms with Gasteiger partial charge in [0, 0.05) is 36.5 Å². The fourth-order valence-electron chi connectivity index (χ4n) is 3.52. The summed E-state index contributed by atoms with van der Waals surface area (Å²) in [6.07, 6.45) is 2.26. The van der Waals surface area contributed by atoms with E-state index in [4.69, 9.17) is 14.2 Å². The van der Waals surface area contributed by atoms with Crippen LogP contribution in [0.3, 0.4) is 0 Å². The lowest BCUT2D eigenvalue weighted by atomic mass is 10.1. The van der Waals surface area contributed by atoms with Gasteiger partial charge in [-0.3, -0.25) is 9.59 Å². The highest BCUT2D eigenvalue weighted by molar-refractivity contribution is 6.04. The van der Waals surface area contributed by atoms with Crippen LogP contribution in [0.15, 0.2) is 48.5 Å². The van der Waals surface area contributed by atoms with E-state index in [2.05, 4.69) is 5.32 Å². The van der Waals surface area contributed by atoms with E-state index in [1.807, 2.05) is 0 Å². The molecule has 2 heterocycles. The van der Waals surface area contributed by atoms with E-state index >= 15 is 0 Å². The Labute approximate surface area is 175 Å². The Hall–Kier alpha value is -2.90. The molecule has 0 aliphatic carbocycles. The van der Waals surface area contributed by atoms with Crippen molar-refractivity contribution in [2.24, 2.45) is 0 Å². The van der Waals surface area contributed by atoms with Crippen LogP contribution in [0, 0.1) is 0 Å². The third kappa shape index (κ3) is 5.17. The lowest BCUT2D eigenvalue weighted by Gasteiger charge is -2.26. The highest BCUT2D eigenvalue weighted by atomic mass is 16.5. The Bertz CT molecular complexity index is 854. The van der Waals surface area contributed by atoms with Crippen molar-refractivity contribution in [3.63, 3.8) is 0 Å². The largest absolute Gasteiger partial charge is 0.491 e. The summed E-state index contributed by atoms with van der Waals surface area (Å²) >= 11 is 0.